The highest BCUT2D eigenvalue weighted by Gasteiger charge is 2.42. The fourth-order valence-electron chi connectivity index (χ4n) is 4.67. The number of benzene rings is 2. The Kier molecular flexibility index (Phi) is 12.2. The number of alkyl carbamates (subject to hydrolysis) is 1. The van der Waals surface area contributed by atoms with Crippen LogP contribution in [0.1, 0.15) is 97.0 Å². The lowest BCUT2D eigenvalue weighted by atomic mass is 9.90. The fraction of sp³-hybridized carbons (Fsp3) is 0.543. The van der Waals surface area contributed by atoms with Crippen LogP contribution in [0.2, 0.25) is 0 Å². The minimum Gasteiger partial charge on any atom is -0.458 e. The molecule has 0 saturated carbocycles. The lowest BCUT2D eigenvalue weighted by molar-refractivity contribution is -0.159. The van der Waals surface area contributed by atoms with Crippen LogP contribution >= 0.6 is 0 Å². The van der Waals surface area contributed by atoms with Gasteiger partial charge in [-0.3, -0.25) is 9.59 Å². The zero-order valence-corrected chi connectivity index (χ0v) is 28.3. The maximum atomic E-state index is 14.5. The number of amides is 3. The molecule has 242 valence electrons. The van der Waals surface area contributed by atoms with Gasteiger partial charge in [-0.2, -0.15) is 0 Å². The van der Waals surface area contributed by atoms with E-state index in [1.165, 1.54) is 4.90 Å². The zero-order valence-electron chi connectivity index (χ0n) is 28.3. The van der Waals surface area contributed by atoms with E-state index in [0.717, 1.165) is 16.7 Å². The summed E-state index contributed by atoms with van der Waals surface area (Å²) in [5.41, 5.74) is 0.843. The summed E-state index contributed by atoms with van der Waals surface area (Å²) >= 11 is 0. The average Bonchev–Trinajstić information content (AvgIpc) is 2.90. The van der Waals surface area contributed by atoms with Crippen molar-refractivity contribution in [3.8, 4) is 0 Å². The van der Waals surface area contributed by atoms with Crippen molar-refractivity contribution in [2.24, 2.45) is 0 Å². The molecule has 3 amide bonds. The number of nitrogens with one attached hydrogen (secondary N) is 2. The molecule has 44 heavy (non-hydrogen) atoms. The van der Waals surface area contributed by atoms with Crippen LogP contribution in [0.15, 0.2) is 48.5 Å². The summed E-state index contributed by atoms with van der Waals surface area (Å²) < 4.78 is 11.0. The van der Waals surface area contributed by atoms with Crippen molar-refractivity contribution >= 4 is 23.9 Å². The molecule has 2 aromatic rings. The van der Waals surface area contributed by atoms with Gasteiger partial charge in [-0.05, 0) is 92.3 Å². The van der Waals surface area contributed by atoms with Crippen LogP contribution in [0.3, 0.4) is 0 Å². The van der Waals surface area contributed by atoms with E-state index >= 15 is 0 Å². The van der Waals surface area contributed by atoms with E-state index in [9.17, 15) is 19.2 Å². The van der Waals surface area contributed by atoms with Crippen molar-refractivity contribution in [3.63, 3.8) is 0 Å². The third-order valence-corrected chi connectivity index (χ3v) is 7.10. The van der Waals surface area contributed by atoms with Crippen molar-refractivity contribution in [1.29, 1.82) is 0 Å². The zero-order chi connectivity index (χ0) is 33.5. The molecule has 2 aromatic carbocycles. The summed E-state index contributed by atoms with van der Waals surface area (Å²) in [5.74, 6) is -1.58. The second-order valence-corrected chi connectivity index (χ2v) is 13.8. The number of carbonyl (C=O) groups excluding carboxylic acids is 4. The molecular formula is C35H51N3O6. The molecule has 0 saturated heterocycles. The van der Waals surface area contributed by atoms with Gasteiger partial charge in [0.1, 0.15) is 29.8 Å². The molecule has 0 aromatic heterocycles. The number of hydrogen-bond acceptors (Lipinski definition) is 6. The minimum absolute atomic E-state index is 0.201. The number of ether oxygens (including phenoxy) is 2. The lowest BCUT2D eigenvalue weighted by Crippen LogP contribution is -2.58. The summed E-state index contributed by atoms with van der Waals surface area (Å²) in [4.78, 5) is 55.9. The van der Waals surface area contributed by atoms with E-state index in [-0.39, 0.29) is 13.0 Å². The fourth-order valence-corrected chi connectivity index (χ4v) is 4.67. The van der Waals surface area contributed by atoms with E-state index in [0.29, 0.717) is 12.0 Å². The summed E-state index contributed by atoms with van der Waals surface area (Å²) in [7, 11) is 0. The van der Waals surface area contributed by atoms with Gasteiger partial charge in [0.05, 0.1) is 0 Å². The smallest absolute Gasteiger partial charge is 0.408 e. The van der Waals surface area contributed by atoms with Gasteiger partial charge in [0.2, 0.25) is 11.8 Å². The van der Waals surface area contributed by atoms with Crippen molar-refractivity contribution < 1.29 is 28.7 Å². The third kappa shape index (κ3) is 11.0. The first-order valence-corrected chi connectivity index (χ1v) is 15.2. The van der Waals surface area contributed by atoms with E-state index in [1.54, 1.807) is 41.5 Å². The Bertz CT molecular complexity index is 1310. The van der Waals surface area contributed by atoms with Crippen LogP contribution in [0.4, 0.5) is 4.79 Å². The van der Waals surface area contributed by atoms with Crippen LogP contribution in [0.25, 0.3) is 0 Å². The van der Waals surface area contributed by atoms with Gasteiger partial charge in [0, 0.05) is 12.0 Å². The topological polar surface area (TPSA) is 114 Å². The highest BCUT2D eigenvalue weighted by molar-refractivity contribution is 5.93. The predicted molar refractivity (Wildman–Crippen MR) is 172 cm³/mol. The molecule has 9 nitrogen and oxygen atoms in total. The van der Waals surface area contributed by atoms with Gasteiger partial charge >= 0.3 is 12.1 Å². The maximum absolute atomic E-state index is 14.5. The number of rotatable bonds is 11. The first-order valence-electron chi connectivity index (χ1n) is 15.2. The van der Waals surface area contributed by atoms with Crippen LogP contribution < -0.4 is 10.6 Å². The maximum Gasteiger partial charge on any atom is 0.408 e. The van der Waals surface area contributed by atoms with Crippen molar-refractivity contribution in [2.45, 2.75) is 118 Å². The van der Waals surface area contributed by atoms with Crippen molar-refractivity contribution in [1.82, 2.24) is 15.5 Å². The van der Waals surface area contributed by atoms with E-state index in [1.807, 2.05) is 83.1 Å². The molecule has 0 heterocycles. The minimum atomic E-state index is -1.11. The normalized spacial score (nSPS) is 13.3. The standard InChI is InChI=1S/C35H51N3O6/c1-12-35(10,11)38(28(39)22-36-32(42)44-34(7,8)9)29(26-20-23(2)18-19-24(26)3)30(40)37-27(31(41)43-33(4,5)6)21-25-16-14-13-15-17-25/h13-20,27,29H,12,21-22H2,1-11H3,(H,36,42)(H,37,40). The number of carbonyl (C=O) groups is 4. The van der Waals surface area contributed by atoms with Crippen molar-refractivity contribution in [3.05, 3.63) is 70.8 Å². The molecule has 2 unspecified atom stereocenters. The summed E-state index contributed by atoms with van der Waals surface area (Å²) in [5, 5.41) is 5.49. The highest BCUT2D eigenvalue weighted by atomic mass is 16.6. The molecule has 0 spiro atoms. The number of aryl methyl sites for hydroxylation is 2. The molecule has 0 radical (unpaired) electrons. The number of esters is 1. The highest BCUT2D eigenvalue weighted by Crippen LogP contribution is 2.33. The molecule has 9 heteroatoms. The molecule has 2 rings (SSSR count). The van der Waals surface area contributed by atoms with Gasteiger partial charge in [-0.1, -0.05) is 61.0 Å². The van der Waals surface area contributed by atoms with Gasteiger partial charge in [-0.15, -0.1) is 0 Å². The Morgan fingerprint density at radius 3 is 1.98 bits per heavy atom. The molecule has 0 bridgehead atoms. The van der Waals surface area contributed by atoms with E-state index in [4.69, 9.17) is 9.47 Å². The van der Waals surface area contributed by atoms with Gasteiger partial charge in [-0.25, -0.2) is 9.59 Å². The lowest BCUT2D eigenvalue weighted by Gasteiger charge is -2.44. The second kappa shape index (κ2) is 14.7. The second-order valence-electron chi connectivity index (χ2n) is 13.8. The van der Waals surface area contributed by atoms with Gasteiger partial charge in [0.15, 0.2) is 0 Å². The summed E-state index contributed by atoms with van der Waals surface area (Å²) in [6, 6.07) is 13.0. The number of hydrogen-bond donors (Lipinski definition) is 2. The monoisotopic (exact) mass is 609 g/mol. The van der Waals surface area contributed by atoms with Gasteiger partial charge in [0.25, 0.3) is 0 Å². The van der Waals surface area contributed by atoms with E-state index < -0.39 is 52.7 Å². The van der Waals surface area contributed by atoms with Gasteiger partial charge < -0.3 is 25.0 Å². The number of nitrogens with zero attached hydrogens (tertiary/aromatic N) is 1. The molecule has 2 atom stereocenters. The van der Waals surface area contributed by atoms with E-state index in [2.05, 4.69) is 10.6 Å². The molecule has 0 fully saturated rings. The van der Waals surface area contributed by atoms with Crippen LogP contribution in [-0.2, 0) is 30.3 Å². The predicted octanol–water partition coefficient (Wildman–Crippen LogP) is 5.96. The Hall–Kier alpha value is -3.88. The van der Waals surface area contributed by atoms with Crippen molar-refractivity contribution in [2.75, 3.05) is 6.54 Å². The molecule has 0 aliphatic carbocycles. The Labute approximate surface area is 263 Å². The third-order valence-electron chi connectivity index (χ3n) is 7.10. The summed E-state index contributed by atoms with van der Waals surface area (Å²) in [6.45, 7) is 19.6. The molecule has 0 aliphatic heterocycles. The SMILES string of the molecule is CCC(C)(C)N(C(=O)CNC(=O)OC(C)(C)C)C(C(=O)NC(Cc1ccccc1)C(=O)OC(C)(C)C)c1cc(C)ccc1C. The average molecular weight is 610 g/mol. The van der Waals surface area contributed by atoms with Crippen LogP contribution in [0.5, 0.6) is 0 Å². The molecule has 0 aliphatic rings. The Morgan fingerprint density at radius 1 is 0.841 bits per heavy atom. The first-order chi connectivity index (χ1) is 20.2. The largest absolute Gasteiger partial charge is 0.458 e. The van der Waals surface area contributed by atoms with Crippen LogP contribution in [0, 0.1) is 13.8 Å². The van der Waals surface area contributed by atoms with Crippen LogP contribution in [-0.4, -0.2) is 58.1 Å². The first kappa shape index (κ1) is 36.3. The molecule has 2 N–H and O–H groups in total. The Balaban J connectivity index is 2.61. The summed E-state index contributed by atoms with van der Waals surface area (Å²) in [6.07, 6.45) is -0.0215. The molecular weight excluding hydrogens is 558 g/mol. The Morgan fingerprint density at radius 2 is 1.43 bits per heavy atom. The quantitative estimate of drug-likeness (QED) is 0.304.